The van der Waals surface area contributed by atoms with Gasteiger partial charge in [0.05, 0.1) is 7.11 Å². The number of halogens is 1. The van der Waals surface area contributed by atoms with Crippen LogP contribution >= 0.6 is 24.0 Å². The fourth-order valence-electron chi connectivity index (χ4n) is 2.36. The highest BCUT2D eigenvalue weighted by Crippen LogP contribution is 2.28. The summed E-state index contributed by atoms with van der Waals surface area (Å²) in [5.74, 6) is 2.08. The highest BCUT2D eigenvalue weighted by molar-refractivity contribution is 14.0. The van der Waals surface area contributed by atoms with Gasteiger partial charge in [-0.25, -0.2) is 0 Å². The molecule has 27 heavy (non-hydrogen) atoms. The predicted octanol–water partition coefficient (Wildman–Crippen LogP) is 2.02. The molecule has 0 aromatic heterocycles. The first kappa shape index (κ1) is 23.5. The van der Waals surface area contributed by atoms with Gasteiger partial charge < -0.3 is 25.4 Å². The number of guanidine groups is 1. The normalized spacial score (nSPS) is 13.5. The molecule has 1 aromatic carbocycles. The lowest BCUT2D eigenvalue weighted by molar-refractivity contribution is 0.0954. The summed E-state index contributed by atoms with van der Waals surface area (Å²) in [5.41, 5.74) is 0.582. The molecule has 152 valence electrons. The van der Waals surface area contributed by atoms with Crippen LogP contribution in [-0.2, 0) is 4.74 Å². The van der Waals surface area contributed by atoms with Gasteiger partial charge in [-0.15, -0.1) is 24.0 Å². The number of rotatable bonds is 11. The van der Waals surface area contributed by atoms with Gasteiger partial charge in [-0.2, -0.15) is 0 Å². The average Bonchev–Trinajstić information content (AvgIpc) is 3.50. The Morgan fingerprint density at radius 1 is 1.19 bits per heavy atom. The van der Waals surface area contributed by atoms with Crippen molar-refractivity contribution in [2.24, 2.45) is 10.9 Å². The van der Waals surface area contributed by atoms with Crippen molar-refractivity contribution in [3.63, 3.8) is 0 Å². The van der Waals surface area contributed by atoms with Gasteiger partial charge in [0.2, 0.25) is 0 Å². The Morgan fingerprint density at radius 2 is 1.93 bits per heavy atom. The van der Waals surface area contributed by atoms with E-state index in [2.05, 4.69) is 20.9 Å². The number of aliphatic imine (C=N–C) groups is 1. The SMILES string of the molecule is CN=C(NCCCOCC1CC1)NCCNC(=O)c1cccc(OC)c1.I. The number of carbonyl (C=O) groups is 1. The molecular formula is C19H31IN4O3. The second-order valence-corrected chi connectivity index (χ2v) is 6.29. The first-order valence-electron chi connectivity index (χ1n) is 9.17. The van der Waals surface area contributed by atoms with Crippen molar-refractivity contribution in [2.75, 3.05) is 47.0 Å². The van der Waals surface area contributed by atoms with Crippen molar-refractivity contribution in [1.82, 2.24) is 16.0 Å². The van der Waals surface area contributed by atoms with E-state index in [1.54, 1.807) is 32.4 Å². The van der Waals surface area contributed by atoms with E-state index in [0.29, 0.717) is 24.4 Å². The summed E-state index contributed by atoms with van der Waals surface area (Å²) < 4.78 is 10.7. The lowest BCUT2D eigenvalue weighted by Crippen LogP contribution is -2.42. The van der Waals surface area contributed by atoms with Crippen molar-refractivity contribution in [3.8, 4) is 5.75 Å². The molecule has 1 aliphatic carbocycles. The van der Waals surface area contributed by atoms with Crippen LogP contribution in [0, 0.1) is 5.92 Å². The van der Waals surface area contributed by atoms with Crippen LogP contribution in [0.1, 0.15) is 29.6 Å². The minimum atomic E-state index is -0.124. The van der Waals surface area contributed by atoms with Crippen LogP contribution in [0.5, 0.6) is 5.75 Å². The van der Waals surface area contributed by atoms with Gasteiger partial charge in [-0.3, -0.25) is 9.79 Å². The molecule has 0 aliphatic heterocycles. The Morgan fingerprint density at radius 3 is 2.63 bits per heavy atom. The largest absolute Gasteiger partial charge is 0.497 e. The summed E-state index contributed by atoms with van der Waals surface area (Å²) in [6.45, 7) is 3.58. The van der Waals surface area contributed by atoms with E-state index in [-0.39, 0.29) is 29.9 Å². The van der Waals surface area contributed by atoms with Crippen LogP contribution in [0.3, 0.4) is 0 Å². The number of ether oxygens (including phenoxy) is 2. The average molecular weight is 490 g/mol. The second kappa shape index (κ2) is 13.6. The van der Waals surface area contributed by atoms with Crippen LogP contribution in [0.4, 0.5) is 0 Å². The number of carbonyl (C=O) groups excluding carboxylic acids is 1. The van der Waals surface area contributed by atoms with Crippen molar-refractivity contribution in [3.05, 3.63) is 29.8 Å². The number of amides is 1. The summed E-state index contributed by atoms with van der Waals surface area (Å²) in [7, 11) is 3.31. The molecule has 1 aliphatic rings. The van der Waals surface area contributed by atoms with Gasteiger partial charge in [0.1, 0.15) is 5.75 Å². The third kappa shape index (κ3) is 9.81. The number of methoxy groups -OCH3 is 1. The van der Waals surface area contributed by atoms with E-state index in [4.69, 9.17) is 9.47 Å². The molecule has 1 amide bonds. The Hall–Kier alpha value is -1.55. The number of hydrogen-bond donors (Lipinski definition) is 3. The zero-order valence-electron chi connectivity index (χ0n) is 16.1. The minimum Gasteiger partial charge on any atom is -0.497 e. The lowest BCUT2D eigenvalue weighted by atomic mass is 10.2. The molecule has 0 atom stereocenters. The molecule has 3 N–H and O–H groups in total. The van der Waals surface area contributed by atoms with Crippen molar-refractivity contribution < 1.29 is 14.3 Å². The Labute approximate surface area is 178 Å². The van der Waals surface area contributed by atoms with Crippen molar-refractivity contribution >= 4 is 35.8 Å². The number of hydrogen-bond acceptors (Lipinski definition) is 4. The lowest BCUT2D eigenvalue weighted by Gasteiger charge is -2.12. The Balaban J connectivity index is 0.00000364. The molecule has 0 spiro atoms. The van der Waals surface area contributed by atoms with Gasteiger partial charge in [-0.05, 0) is 43.4 Å². The van der Waals surface area contributed by atoms with E-state index in [1.807, 2.05) is 6.07 Å². The van der Waals surface area contributed by atoms with Gasteiger partial charge >= 0.3 is 0 Å². The molecule has 1 aromatic rings. The van der Waals surface area contributed by atoms with Crippen molar-refractivity contribution in [2.45, 2.75) is 19.3 Å². The molecule has 0 unspecified atom stereocenters. The number of nitrogens with one attached hydrogen (secondary N) is 3. The van der Waals surface area contributed by atoms with Gasteiger partial charge in [0.25, 0.3) is 5.91 Å². The van der Waals surface area contributed by atoms with E-state index >= 15 is 0 Å². The molecule has 0 radical (unpaired) electrons. The van der Waals surface area contributed by atoms with Gasteiger partial charge in [-0.1, -0.05) is 6.07 Å². The Kier molecular flexibility index (Phi) is 11.8. The van der Waals surface area contributed by atoms with Gasteiger partial charge in [0.15, 0.2) is 5.96 Å². The first-order chi connectivity index (χ1) is 12.7. The smallest absolute Gasteiger partial charge is 0.251 e. The standard InChI is InChI=1S/C19H30N4O3.HI/c1-20-19(22-9-4-12-26-14-15-7-8-15)23-11-10-21-18(24)16-5-3-6-17(13-16)25-2;/h3,5-6,13,15H,4,7-12,14H2,1-2H3,(H,21,24)(H2,20,22,23);1H. The molecule has 1 fully saturated rings. The first-order valence-corrected chi connectivity index (χ1v) is 9.17. The number of benzene rings is 1. The summed E-state index contributed by atoms with van der Waals surface area (Å²) in [6.07, 6.45) is 3.59. The third-order valence-electron chi connectivity index (χ3n) is 4.07. The van der Waals surface area contributed by atoms with Crippen LogP contribution < -0.4 is 20.7 Å². The molecule has 7 nitrogen and oxygen atoms in total. The maximum Gasteiger partial charge on any atom is 0.251 e. The monoisotopic (exact) mass is 490 g/mol. The molecule has 2 rings (SSSR count). The van der Waals surface area contributed by atoms with Crippen LogP contribution in [-0.4, -0.2) is 58.9 Å². The summed E-state index contributed by atoms with van der Waals surface area (Å²) in [5, 5.41) is 9.28. The minimum absolute atomic E-state index is 0. The molecule has 1 saturated carbocycles. The fraction of sp³-hybridized carbons (Fsp3) is 0.579. The van der Waals surface area contributed by atoms with Crippen molar-refractivity contribution in [1.29, 1.82) is 0 Å². The highest BCUT2D eigenvalue weighted by atomic mass is 127. The van der Waals surface area contributed by atoms with Crippen LogP contribution in [0.2, 0.25) is 0 Å². The third-order valence-corrected chi connectivity index (χ3v) is 4.07. The summed E-state index contributed by atoms with van der Waals surface area (Å²) >= 11 is 0. The molecule has 0 bridgehead atoms. The highest BCUT2D eigenvalue weighted by Gasteiger charge is 2.20. The molecular weight excluding hydrogens is 459 g/mol. The predicted molar refractivity (Wildman–Crippen MR) is 118 cm³/mol. The van der Waals surface area contributed by atoms with Crippen LogP contribution in [0.25, 0.3) is 0 Å². The second-order valence-electron chi connectivity index (χ2n) is 6.29. The van der Waals surface area contributed by atoms with E-state index in [1.165, 1.54) is 12.8 Å². The zero-order chi connectivity index (χ0) is 18.6. The maximum absolute atomic E-state index is 12.1. The molecule has 8 heteroatoms. The fourth-order valence-corrected chi connectivity index (χ4v) is 2.36. The molecule has 0 saturated heterocycles. The number of nitrogens with zero attached hydrogens (tertiary/aromatic N) is 1. The summed E-state index contributed by atoms with van der Waals surface area (Å²) in [6, 6.07) is 7.09. The summed E-state index contributed by atoms with van der Waals surface area (Å²) in [4.78, 5) is 16.3. The topological polar surface area (TPSA) is 84.0 Å². The van der Waals surface area contributed by atoms with Crippen LogP contribution in [0.15, 0.2) is 29.3 Å². The van der Waals surface area contributed by atoms with Gasteiger partial charge in [0, 0.05) is 45.5 Å². The zero-order valence-corrected chi connectivity index (χ0v) is 18.5. The quantitative estimate of drug-likeness (QED) is 0.191. The van der Waals surface area contributed by atoms with E-state index < -0.39 is 0 Å². The molecule has 0 heterocycles. The van der Waals surface area contributed by atoms with E-state index in [9.17, 15) is 4.79 Å². The maximum atomic E-state index is 12.1. The Bertz CT molecular complexity index is 594. The van der Waals surface area contributed by atoms with E-state index in [0.717, 1.165) is 38.1 Å².